The molecule has 0 spiro atoms. The lowest BCUT2D eigenvalue weighted by Gasteiger charge is -2.33. The van der Waals surface area contributed by atoms with Crippen molar-refractivity contribution in [1.82, 2.24) is 10.2 Å². The van der Waals surface area contributed by atoms with Crippen LogP contribution in [0.5, 0.6) is 0 Å². The minimum atomic E-state index is -0.417. The van der Waals surface area contributed by atoms with Crippen LogP contribution >= 0.6 is 11.6 Å². The van der Waals surface area contributed by atoms with Gasteiger partial charge < -0.3 is 21.7 Å². The van der Waals surface area contributed by atoms with Gasteiger partial charge in [0, 0.05) is 37.0 Å². The van der Waals surface area contributed by atoms with Crippen molar-refractivity contribution in [3.63, 3.8) is 0 Å². The van der Waals surface area contributed by atoms with Gasteiger partial charge in [-0.1, -0.05) is 17.7 Å². The third kappa shape index (κ3) is 4.56. The Morgan fingerprint density at radius 1 is 1.23 bits per heavy atom. The second-order valence-electron chi connectivity index (χ2n) is 8.06. The minimum absolute atomic E-state index is 0.153. The van der Waals surface area contributed by atoms with Crippen LogP contribution < -0.4 is 26.7 Å². The van der Waals surface area contributed by atoms with E-state index in [1.807, 2.05) is 25.3 Å². The molecule has 2 aromatic rings. The smallest absolute Gasteiger partial charge is 0.274 e. The topological polar surface area (TPSA) is 84.7 Å². The maximum absolute atomic E-state index is 14.0. The van der Waals surface area contributed by atoms with Crippen molar-refractivity contribution in [3.05, 3.63) is 75.6 Å². The van der Waals surface area contributed by atoms with Crippen LogP contribution in [-0.4, -0.2) is 31.1 Å². The molecule has 0 saturated carbocycles. The van der Waals surface area contributed by atoms with Gasteiger partial charge in [-0.3, -0.25) is 4.90 Å². The number of aromatic nitrogens is 1. The molecule has 164 valence electrons. The Hall–Kier alpha value is -2.93. The van der Waals surface area contributed by atoms with Crippen LogP contribution in [0.15, 0.2) is 48.1 Å². The predicted octanol–water partition coefficient (Wildman–Crippen LogP) is 2.73. The van der Waals surface area contributed by atoms with Gasteiger partial charge in [-0.25, -0.2) is 9.37 Å². The van der Waals surface area contributed by atoms with E-state index in [1.54, 1.807) is 6.07 Å². The summed E-state index contributed by atoms with van der Waals surface area (Å²) in [6.45, 7) is 5.92. The molecule has 31 heavy (non-hydrogen) atoms. The number of pyridine rings is 1. The number of nitrogens with one attached hydrogen (secondary N) is 2. The summed E-state index contributed by atoms with van der Waals surface area (Å²) >= 11 is 6.26. The number of anilines is 1. The monoisotopic (exact) mass is 443 g/mol. The van der Waals surface area contributed by atoms with Gasteiger partial charge in [0.25, 0.3) is 5.82 Å². The summed E-state index contributed by atoms with van der Waals surface area (Å²) in [7, 11) is 0. The lowest BCUT2D eigenvalue weighted by Crippen LogP contribution is -2.41. The molecule has 1 aromatic carbocycles. The highest BCUT2D eigenvalue weighted by Gasteiger charge is 2.22. The molecule has 0 aliphatic carbocycles. The van der Waals surface area contributed by atoms with Crippen LogP contribution in [0.2, 0.25) is 5.02 Å². The van der Waals surface area contributed by atoms with Crippen molar-refractivity contribution < 1.29 is 9.37 Å². The van der Waals surface area contributed by atoms with E-state index < -0.39 is 5.82 Å². The number of halogens is 2. The van der Waals surface area contributed by atoms with Gasteiger partial charge in [-0.15, -0.1) is 0 Å². The number of rotatable bonds is 5. The number of nitrogens with zero attached hydrogens (tertiary/aromatic N) is 2. The van der Waals surface area contributed by atoms with Crippen LogP contribution in [0.4, 0.5) is 10.2 Å². The molecule has 0 amide bonds. The third-order valence-electron chi connectivity index (χ3n) is 5.96. The first-order valence-electron chi connectivity index (χ1n) is 10.6. The summed E-state index contributed by atoms with van der Waals surface area (Å²) in [5.74, 6) is 1.22. The van der Waals surface area contributed by atoms with Crippen molar-refractivity contribution >= 4 is 23.1 Å². The minimum Gasteiger partial charge on any atom is -0.398 e. The van der Waals surface area contributed by atoms with Crippen molar-refractivity contribution in [1.29, 1.82) is 0 Å². The molecule has 1 aromatic heterocycles. The fourth-order valence-electron chi connectivity index (χ4n) is 4.10. The van der Waals surface area contributed by atoms with Gasteiger partial charge >= 0.3 is 0 Å². The Labute approximate surface area is 187 Å². The summed E-state index contributed by atoms with van der Waals surface area (Å²) in [5, 5.41) is 3.34. The second-order valence-corrected chi connectivity index (χ2v) is 8.44. The van der Waals surface area contributed by atoms with E-state index in [4.69, 9.17) is 23.1 Å². The third-order valence-corrected chi connectivity index (χ3v) is 6.37. The molecule has 1 saturated heterocycles. The standard InChI is InChI=1S/C23H28ClFN6/c1-15-4-6-18(25)22(24)17(15)14-31-11-8-28-23(27)20(31)12-19(26)16-5-7-21(29-13-16)30-9-2-3-10-30/h4-7,12-13,28H,2-3,8-11,14,26-27H2,1H3/p+1. The highest BCUT2D eigenvalue weighted by Crippen LogP contribution is 2.27. The predicted molar refractivity (Wildman–Crippen MR) is 122 cm³/mol. The quantitative estimate of drug-likeness (QED) is 0.661. The summed E-state index contributed by atoms with van der Waals surface area (Å²) in [6.07, 6.45) is 6.23. The summed E-state index contributed by atoms with van der Waals surface area (Å²) in [5.41, 5.74) is 16.6. The van der Waals surface area contributed by atoms with E-state index in [2.05, 4.69) is 26.2 Å². The van der Waals surface area contributed by atoms with Gasteiger partial charge in [-0.2, -0.15) is 0 Å². The number of nitrogens with two attached hydrogens (primary N) is 2. The van der Waals surface area contributed by atoms with Crippen LogP contribution in [0.1, 0.15) is 29.5 Å². The van der Waals surface area contributed by atoms with Gasteiger partial charge in [-0.05, 0) is 49.1 Å². The van der Waals surface area contributed by atoms with Gasteiger partial charge in [0.05, 0.1) is 30.0 Å². The molecule has 1 fully saturated rings. The van der Waals surface area contributed by atoms with E-state index in [9.17, 15) is 4.39 Å². The second kappa shape index (κ2) is 9.06. The zero-order valence-electron chi connectivity index (χ0n) is 17.7. The molecule has 8 heteroatoms. The van der Waals surface area contributed by atoms with Crippen molar-refractivity contribution in [2.24, 2.45) is 11.5 Å². The van der Waals surface area contributed by atoms with Gasteiger partial charge in [0.1, 0.15) is 11.6 Å². The average molecular weight is 444 g/mol. The molecule has 0 radical (unpaired) electrons. The Kier molecular flexibility index (Phi) is 6.23. The molecule has 0 atom stereocenters. The van der Waals surface area contributed by atoms with E-state index in [1.165, 1.54) is 18.9 Å². The number of hydrogen-bond donors (Lipinski definition) is 3. The van der Waals surface area contributed by atoms with Crippen molar-refractivity contribution in [2.75, 3.05) is 31.1 Å². The van der Waals surface area contributed by atoms with Crippen LogP contribution in [-0.2, 0) is 6.54 Å². The maximum Gasteiger partial charge on any atom is 0.274 e. The van der Waals surface area contributed by atoms with E-state index in [0.717, 1.165) is 41.3 Å². The zero-order chi connectivity index (χ0) is 22.0. The maximum atomic E-state index is 14.0. The average Bonchev–Trinajstić information content (AvgIpc) is 3.31. The Bertz CT molecular complexity index is 1010. The van der Waals surface area contributed by atoms with Gasteiger partial charge in [0.15, 0.2) is 0 Å². The number of benzene rings is 1. The van der Waals surface area contributed by atoms with Crippen molar-refractivity contribution in [3.8, 4) is 0 Å². The Balaban J connectivity index is 1.58. The Morgan fingerprint density at radius 3 is 2.71 bits per heavy atom. The highest BCUT2D eigenvalue weighted by molar-refractivity contribution is 6.31. The molecule has 2 aliphatic rings. The van der Waals surface area contributed by atoms with Crippen LogP contribution in [0.25, 0.3) is 5.70 Å². The first-order chi connectivity index (χ1) is 14.9. The number of allylic oxidation sites excluding steroid dienone is 1. The SMILES string of the molecule is Cc1ccc(F)c(Cl)c1CN1CCNC(N)=C1C=C(N)c1ccc(N2CCCC2)[nH+]c1. The molecule has 6 nitrogen and oxygen atoms in total. The number of aryl methyl sites for hydroxylation is 1. The summed E-state index contributed by atoms with van der Waals surface area (Å²) in [6, 6.07) is 7.21. The molecule has 3 heterocycles. The zero-order valence-corrected chi connectivity index (χ0v) is 18.5. The van der Waals surface area contributed by atoms with E-state index in [-0.39, 0.29) is 5.02 Å². The van der Waals surface area contributed by atoms with Crippen molar-refractivity contribution in [2.45, 2.75) is 26.3 Å². The molecular formula is C23H29ClFN6+. The Morgan fingerprint density at radius 2 is 2.00 bits per heavy atom. The lowest BCUT2D eigenvalue weighted by molar-refractivity contribution is -0.364. The highest BCUT2D eigenvalue weighted by atomic mass is 35.5. The molecule has 6 N–H and O–H groups in total. The first-order valence-corrected chi connectivity index (χ1v) is 11.0. The molecule has 0 unspecified atom stereocenters. The number of hydrogen-bond acceptors (Lipinski definition) is 5. The largest absolute Gasteiger partial charge is 0.398 e. The number of H-pyrrole nitrogens is 1. The molecule has 4 rings (SSSR count). The number of aromatic amines is 1. The first kappa shape index (κ1) is 21.3. The molecule has 0 bridgehead atoms. The normalized spacial score (nSPS) is 17.3. The molecular weight excluding hydrogens is 415 g/mol. The molecule has 2 aliphatic heterocycles. The lowest BCUT2D eigenvalue weighted by atomic mass is 10.1. The summed E-state index contributed by atoms with van der Waals surface area (Å²) in [4.78, 5) is 7.76. The van der Waals surface area contributed by atoms with Crippen LogP contribution in [0, 0.1) is 12.7 Å². The fraction of sp³-hybridized carbons (Fsp3) is 0.348. The van der Waals surface area contributed by atoms with E-state index in [0.29, 0.717) is 31.2 Å². The van der Waals surface area contributed by atoms with Gasteiger partial charge in [0.2, 0.25) is 0 Å². The van der Waals surface area contributed by atoms with Crippen LogP contribution in [0.3, 0.4) is 0 Å². The fourth-order valence-corrected chi connectivity index (χ4v) is 4.37. The summed E-state index contributed by atoms with van der Waals surface area (Å²) < 4.78 is 14.0. The van der Waals surface area contributed by atoms with E-state index >= 15 is 0 Å².